The van der Waals surface area contributed by atoms with Gasteiger partial charge in [-0.2, -0.15) is 0 Å². The van der Waals surface area contributed by atoms with Gasteiger partial charge in [0.2, 0.25) is 0 Å². The van der Waals surface area contributed by atoms with Gasteiger partial charge in [-0.05, 0) is 17.3 Å². The highest BCUT2D eigenvalue weighted by atomic mass is 15.0. The number of nitrogens with two attached hydrogens (primary N) is 1. The average molecular weight is 184 g/mol. The second kappa shape index (κ2) is 3.25. The molecule has 78 valence electrons. The van der Waals surface area contributed by atoms with Gasteiger partial charge in [0, 0.05) is 18.6 Å². The lowest BCUT2D eigenvalue weighted by Gasteiger charge is -2.27. The van der Waals surface area contributed by atoms with Gasteiger partial charge < -0.3 is 11.1 Å². The molecule has 1 fully saturated rings. The lowest BCUT2D eigenvalue weighted by molar-refractivity contribution is 0.305. The van der Waals surface area contributed by atoms with Crippen LogP contribution in [-0.4, -0.2) is 18.6 Å². The van der Waals surface area contributed by atoms with E-state index in [0.29, 0.717) is 11.5 Å². The molecule has 0 spiro atoms. The molecule has 0 aromatic heterocycles. The molecule has 0 amide bonds. The van der Waals surface area contributed by atoms with Crippen molar-refractivity contribution in [3.8, 4) is 0 Å². The van der Waals surface area contributed by atoms with Crippen molar-refractivity contribution >= 4 is 0 Å². The Balaban J connectivity index is 2.21. The Morgan fingerprint density at radius 2 is 1.92 bits per heavy atom. The van der Waals surface area contributed by atoms with E-state index < -0.39 is 0 Å². The van der Waals surface area contributed by atoms with Crippen LogP contribution in [0.2, 0.25) is 0 Å². The average Bonchev–Trinajstić information content (AvgIpc) is 2.52. The van der Waals surface area contributed by atoms with Crippen LogP contribution in [0.4, 0.5) is 0 Å². The highest BCUT2D eigenvalue weighted by Crippen LogP contribution is 2.44. The second-order valence-corrected chi connectivity index (χ2v) is 6.13. The van der Waals surface area contributed by atoms with E-state index in [-0.39, 0.29) is 11.5 Å². The van der Waals surface area contributed by atoms with Crippen LogP contribution in [0.3, 0.4) is 0 Å². The van der Waals surface area contributed by atoms with Gasteiger partial charge in [0.05, 0.1) is 0 Å². The predicted octanol–water partition coefficient (Wildman–Crippen LogP) is 1.75. The van der Waals surface area contributed by atoms with E-state index in [4.69, 9.17) is 5.73 Å². The Hall–Kier alpha value is -0.0800. The third-order valence-corrected chi connectivity index (χ3v) is 3.21. The van der Waals surface area contributed by atoms with Crippen LogP contribution >= 0.6 is 0 Å². The normalized spacial score (nSPS) is 28.6. The van der Waals surface area contributed by atoms with Crippen molar-refractivity contribution in [2.75, 3.05) is 6.54 Å². The fourth-order valence-corrected chi connectivity index (χ4v) is 1.39. The van der Waals surface area contributed by atoms with Crippen LogP contribution in [0.15, 0.2) is 0 Å². The number of rotatable bonds is 3. The van der Waals surface area contributed by atoms with Gasteiger partial charge in [-0.3, -0.25) is 0 Å². The minimum Gasteiger partial charge on any atom is -0.326 e. The lowest BCUT2D eigenvalue weighted by atomic mass is 9.87. The van der Waals surface area contributed by atoms with Crippen LogP contribution in [0.5, 0.6) is 0 Å². The zero-order valence-corrected chi connectivity index (χ0v) is 9.65. The van der Waals surface area contributed by atoms with E-state index in [2.05, 4.69) is 39.9 Å². The van der Waals surface area contributed by atoms with Gasteiger partial charge >= 0.3 is 0 Å². The molecule has 13 heavy (non-hydrogen) atoms. The van der Waals surface area contributed by atoms with Gasteiger partial charge in [-0.1, -0.05) is 34.6 Å². The third-order valence-electron chi connectivity index (χ3n) is 3.21. The maximum absolute atomic E-state index is 6.05. The summed E-state index contributed by atoms with van der Waals surface area (Å²) < 4.78 is 0. The first kappa shape index (κ1) is 11.0. The maximum atomic E-state index is 6.05. The van der Waals surface area contributed by atoms with E-state index in [1.807, 2.05) is 0 Å². The summed E-state index contributed by atoms with van der Waals surface area (Å²) in [4.78, 5) is 0. The van der Waals surface area contributed by atoms with Crippen molar-refractivity contribution in [2.45, 2.75) is 53.1 Å². The van der Waals surface area contributed by atoms with Crippen molar-refractivity contribution in [1.82, 2.24) is 5.32 Å². The summed E-state index contributed by atoms with van der Waals surface area (Å²) in [7, 11) is 0. The number of hydrogen-bond donors (Lipinski definition) is 2. The molecule has 3 N–H and O–H groups in total. The molecule has 1 saturated carbocycles. The zero-order chi connectivity index (χ0) is 10.3. The third kappa shape index (κ3) is 2.96. The zero-order valence-electron chi connectivity index (χ0n) is 9.65. The first-order valence-electron chi connectivity index (χ1n) is 5.22. The molecule has 0 radical (unpaired) electrons. The van der Waals surface area contributed by atoms with Gasteiger partial charge in [0.15, 0.2) is 0 Å². The minimum atomic E-state index is 0.214. The number of hydrogen-bond acceptors (Lipinski definition) is 2. The monoisotopic (exact) mass is 184 g/mol. The Morgan fingerprint density at radius 3 is 2.23 bits per heavy atom. The fraction of sp³-hybridized carbons (Fsp3) is 1.00. The molecule has 0 heterocycles. The molecule has 0 bridgehead atoms. The molecule has 0 saturated heterocycles. The van der Waals surface area contributed by atoms with E-state index >= 15 is 0 Å². The van der Waals surface area contributed by atoms with Crippen molar-refractivity contribution in [2.24, 2.45) is 16.6 Å². The topological polar surface area (TPSA) is 38.0 Å². The highest BCUT2D eigenvalue weighted by Gasteiger charge is 2.45. The summed E-state index contributed by atoms with van der Waals surface area (Å²) in [6, 6.07) is 0.949. The van der Waals surface area contributed by atoms with Gasteiger partial charge in [0.1, 0.15) is 0 Å². The summed E-state index contributed by atoms with van der Waals surface area (Å²) in [5.41, 5.74) is 6.78. The van der Waals surface area contributed by atoms with Crippen molar-refractivity contribution < 1.29 is 0 Å². The molecule has 0 aromatic rings. The summed E-state index contributed by atoms with van der Waals surface area (Å²) in [6.07, 6.45) is 1.30. The summed E-state index contributed by atoms with van der Waals surface area (Å²) in [5.74, 6) is 0. The molecule has 1 aliphatic rings. The van der Waals surface area contributed by atoms with E-state index in [1.54, 1.807) is 0 Å². The summed E-state index contributed by atoms with van der Waals surface area (Å²) >= 11 is 0. The maximum Gasteiger partial charge on any atom is 0.0214 e. The van der Waals surface area contributed by atoms with Gasteiger partial charge in [0.25, 0.3) is 0 Å². The van der Waals surface area contributed by atoms with Crippen molar-refractivity contribution in [3.63, 3.8) is 0 Å². The number of nitrogens with one attached hydrogen (secondary N) is 1. The molecule has 0 aliphatic heterocycles. The molecule has 0 aromatic carbocycles. The van der Waals surface area contributed by atoms with Crippen LogP contribution in [0, 0.1) is 10.8 Å². The first-order chi connectivity index (χ1) is 5.73. The van der Waals surface area contributed by atoms with E-state index in [0.717, 1.165) is 6.54 Å². The highest BCUT2D eigenvalue weighted by molar-refractivity contribution is 5.02. The summed E-state index contributed by atoms with van der Waals surface area (Å²) in [6.45, 7) is 12.1. The molecular formula is C11H24N2. The molecule has 2 nitrogen and oxygen atoms in total. The smallest absolute Gasteiger partial charge is 0.0214 e. The molecule has 2 unspecified atom stereocenters. The van der Waals surface area contributed by atoms with E-state index in [9.17, 15) is 0 Å². The van der Waals surface area contributed by atoms with E-state index in [1.165, 1.54) is 6.42 Å². The Kier molecular flexibility index (Phi) is 2.75. The van der Waals surface area contributed by atoms with Crippen LogP contribution < -0.4 is 11.1 Å². The molecule has 1 rings (SSSR count). The standard InChI is InChI=1S/C11H24N2/c1-10(2,3)8(12)7-13-9-6-11(9,4)5/h8-9,13H,6-7,12H2,1-5H3. The SMILES string of the molecule is CC(C)(C)C(N)CNC1CC1(C)C. The molecule has 2 atom stereocenters. The van der Waals surface area contributed by atoms with Gasteiger partial charge in [-0.25, -0.2) is 0 Å². The van der Waals surface area contributed by atoms with Crippen LogP contribution in [-0.2, 0) is 0 Å². The largest absolute Gasteiger partial charge is 0.326 e. The van der Waals surface area contributed by atoms with Gasteiger partial charge in [-0.15, -0.1) is 0 Å². The quantitative estimate of drug-likeness (QED) is 0.701. The fourth-order valence-electron chi connectivity index (χ4n) is 1.39. The van der Waals surface area contributed by atoms with Crippen LogP contribution in [0.1, 0.15) is 41.0 Å². The molecule has 1 aliphatic carbocycles. The minimum absolute atomic E-state index is 0.214. The first-order valence-corrected chi connectivity index (χ1v) is 5.22. The Bertz CT molecular complexity index is 179. The Labute approximate surface area is 82.3 Å². The predicted molar refractivity (Wildman–Crippen MR) is 57.6 cm³/mol. The van der Waals surface area contributed by atoms with Crippen molar-refractivity contribution in [3.05, 3.63) is 0 Å². The molecule has 2 heteroatoms. The Morgan fingerprint density at radius 1 is 1.46 bits per heavy atom. The summed E-state index contributed by atoms with van der Waals surface area (Å²) in [5, 5.41) is 3.53. The molecular weight excluding hydrogens is 160 g/mol. The van der Waals surface area contributed by atoms with Crippen LogP contribution in [0.25, 0.3) is 0 Å². The lowest BCUT2D eigenvalue weighted by Crippen LogP contribution is -2.44. The van der Waals surface area contributed by atoms with Crippen molar-refractivity contribution in [1.29, 1.82) is 0 Å². The second-order valence-electron chi connectivity index (χ2n) is 6.13.